The van der Waals surface area contributed by atoms with Crippen LogP contribution in [0, 0.1) is 0 Å². The summed E-state index contributed by atoms with van der Waals surface area (Å²) in [7, 11) is 0. The smallest absolute Gasteiger partial charge is 0.0791 e. The van der Waals surface area contributed by atoms with E-state index in [-0.39, 0.29) is 0 Å². The van der Waals surface area contributed by atoms with E-state index in [9.17, 15) is 5.11 Å². The Hall–Kier alpha value is -0.810. The molecule has 0 spiro atoms. The highest BCUT2D eigenvalue weighted by atomic mass is 79.9. The Balaban J connectivity index is 2.68. The third kappa shape index (κ3) is 3.64. The van der Waals surface area contributed by atoms with E-state index in [4.69, 9.17) is 5.73 Å². The number of nitrogens with zero attached hydrogens (tertiary/aromatic N) is 1. The van der Waals surface area contributed by atoms with Crippen molar-refractivity contribution in [3.63, 3.8) is 0 Å². The van der Waals surface area contributed by atoms with Gasteiger partial charge >= 0.3 is 0 Å². The second-order valence-electron chi connectivity index (χ2n) is 4.19. The van der Waals surface area contributed by atoms with Crippen LogP contribution in [0.5, 0.6) is 0 Å². The number of rotatable bonds is 5. The summed E-state index contributed by atoms with van der Waals surface area (Å²) in [6.07, 6.45) is 4.96. The van der Waals surface area contributed by atoms with Crippen LogP contribution in [0.3, 0.4) is 0 Å². The minimum atomic E-state index is -0.718. The van der Waals surface area contributed by atoms with Gasteiger partial charge in [-0.3, -0.25) is 4.98 Å². The maximum absolute atomic E-state index is 10.0. The zero-order valence-corrected chi connectivity index (χ0v) is 11.2. The van der Waals surface area contributed by atoms with Crippen molar-refractivity contribution < 1.29 is 5.11 Å². The fourth-order valence-electron chi connectivity index (χ4n) is 1.54. The number of halogens is 1. The van der Waals surface area contributed by atoms with Gasteiger partial charge in [0.2, 0.25) is 0 Å². The lowest BCUT2D eigenvalue weighted by Gasteiger charge is -2.24. The van der Waals surface area contributed by atoms with Crippen molar-refractivity contribution in [3.8, 4) is 0 Å². The van der Waals surface area contributed by atoms with Crippen LogP contribution in [0.2, 0.25) is 0 Å². The lowest BCUT2D eigenvalue weighted by Crippen LogP contribution is -2.33. The Kier molecular flexibility index (Phi) is 4.56. The fourth-order valence-corrected chi connectivity index (χ4v) is 2.03. The van der Waals surface area contributed by atoms with Gasteiger partial charge in [-0.1, -0.05) is 13.3 Å². The van der Waals surface area contributed by atoms with E-state index in [2.05, 4.69) is 26.2 Å². The molecular weight excluding hydrogens is 270 g/mol. The van der Waals surface area contributed by atoms with Crippen LogP contribution in [0.1, 0.15) is 26.7 Å². The summed E-state index contributed by atoms with van der Waals surface area (Å²) in [5.74, 6) is 0. The normalized spacial score (nSPS) is 14.5. The van der Waals surface area contributed by atoms with Crippen LogP contribution in [-0.4, -0.2) is 22.2 Å². The number of hydrogen-bond acceptors (Lipinski definition) is 4. The van der Waals surface area contributed by atoms with Crippen molar-refractivity contribution in [3.05, 3.63) is 16.9 Å². The van der Waals surface area contributed by atoms with Gasteiger partial charge in [-0.2, -0.15) is 0 Å². The summed E-state index contributed by atoms with van der Waals surface area (Å²) in [5, 5.41) is 13.2. The molecule has 1 atom stereocenters. The molecule has 90 valence electrons. The molecule has 16 heavy (non-hydrogen) atoms. The molecule has 1 aromatic heterocycles. The summed E-state index contributed by atoms with van der Waals surface area (Å²) < 4.78 is 0.805. The molecule has 1 rings (SSSR count). The quantitative estimate of drug-likeness (QED) is 0.778. The molecule has 0 amide bonds. The highest BCUT2D eigenvalue weighted by molar-refractivity contribution is 9.10. The summed E-state index contributed by atoms with van der Waals surface area (Å²) in [5.41, 5.74) is 6.42. The Morgan fingerprint density at radius 3 is 2.81 bits per heavy atom. The molecule has 0 aliphatic carbocycles. The maximum Gasteiger partial charge on any atom is 0.0791 e. The van der Waals surface area contributed by atoms with Crippen molar-refractivity contribution in [1.82, 2.24) is 4.98 Å². The number of anilines is 2. The fraction of sp³-hybridized carbons (Fsp3) is 0.545. The number of nitrogen functional groups attached to an aromatic ring is 1. The standard InChI is InChI=1S/C11H18BrN3O/c1-3-4-11(2,16)7-15-10-8(12)5-14-6-9(10)13/h5-6,16H,3-4,7,13H2,1-2H3,(H,14,15). The Morgan fingerprint density at radius 2 is 2.25 bits per heavy atom. The Morgan fingerprint density at radius 1 is 1.56 bits per heavy atom. The number of aliphatic hydroxyl groups is 1. The van der Waals surface area contributed by atoms with Gasteiger partial charge in [0.05, 0.1) is 27.6 Å². The van der Waals surface area contributed by atoms with Gasteiger partial charge in [0.1, 0.15) is 0 Å². The van der Waals surface area contributed by atoms with Gasteiger partial charge in [0.15, 0.2) is 0 Å². The minimum absolute atomic E-state index is 0.466. The van der Waals surface area contributed by atoms with Gasteiger partial charge in [-0.05, 0) is 29.3 Å². The van der Waals surface area contributed by atoms with E-state index >= 15 is 0 Å². The molecule has 0 aliphatic heterocycles. The monoisotopic (exact) mass is 287 g/mol. The Labute approximate surface area is 104 Å². The predicted octanol–water partition coefficient (Wildman–Crippen LogP) is 2.39. The topological polar surface area (TPSA) is 71.2 Å². The Bertz CT molecular complexity index is 335. The predicted molar refractivity (Wildman–Crippen MR) is 70.4 cm³/mol. The molecule has 0 fully saturated rings. The second-order valence-corrected chi connectivity index (χ2v) is 5.04. The van der Waals surface area contributed by atoms with Gasteiger partial charge in [-0.25, -0.2) is 0 Å². The van der Waals surface area contributed by atoms with Crippen molar-refractivity contribution >= 4 is 27.3 Å². The van der Waals surface area contributed by atoms with Crippen LogP contribution >= 0.6 is 15.9 Å². The molecular formula is C11H18BrN3O. The molecule has 0 saturated heterocycles. The van der Waals surface area contributed by atoms with E-state index in [0.29, 0.717) is 12.2 Å². The summed E-state index contributed by atoms with van der Waals surface area (Å²) in [4.78, 5) is 3.95. The average Bonchev–Trinajstić information content (AvgIpc) is 2.16. The van der Waals surface area contributed by atoms with Crippen molar-refractivity contribution in [2.24, 2.45) is 0 Å². The summed E-state index contributed by atoms with van der Waals surface area (Å²) in [6, 6.07) is 0. The van der Waals surface area contributed by atoms with Crippen LogP contribution in [-0.2, 0) is 0 Å². The van der Waals surface area contributed by atoms with Crippen molar-refractivity contribution in [1.29, 1.82) is 0 Å². The molecule has 4 N–H and O–H groups in total. The molecule has 5 heteroatoms. The number of hydrogen-bond donors (Lipinski definition) is 3. The van der Waals surface area contributed by atoms with E-state index in [0.717, 1.165) is 23.0 Å². The van der Waals surface area contributed by atoms with Crippen molar-refractivity contribution in [2.75, 3.05) is 17.6 Å². The van der Waals surface area contributed by atoms with Crippen LogP contribution in [0.15, 0.2) is 16.9 Å². The molecule has 1 unspecified atom stereocenters. The molecule has 0 saturated carbocycles. The first kappa shape index (κ1) is 13.3. The highest BCUT2D eigenvalue weighted by Gasteiger charge is 2.19. The zero-order valence-electron chi connectivity index (χ0n) is 9.63. The largest absolute Gasteiger partial charge is 0.396 e. The molecule has 0 aromatic carbocycles. The SMILES string of the molecule is CCCC(C)(O)CNc1c(N)cncc1Br. The number of nitrogens with two attached hydrogens (primary N) is 1. The van der Waals surface area contributed by atoms with E-state index in [1.807, 2.05) is 13.8 Å². The zero-order chi connectivity index (χ0) is 12.2. The number of pyridine rings is 1. The summed E-state index contributed by atoms with van der Waals surface area (Å²) in [6.45, 7) is 4.33. The van der Waals surface area contributed by atoms with Gasteiger partial charge < -0.3 is 16.2 Å². The molecule has 1 aromatic rings. The third-order valence-corrected chi connectivity index (χ3v) is 2.96. The molecule has 4 nitrogen and oxygen atoms in total. The van der Waals surface area contributed by atoms with Crippen LogP contribution in [0.4, 0.5) is 11.4 Å². The molecule has 0 aliphatic rings. The minimum Gasteiger partial charge on any atom is -0.396 e. The van der Waals surface area contributed by atoms with E-state index in [1.165, 1.54) is 0 Å². The van der Waals surface area contributed by atoms with Crippen LogP contribution in [0.25, 0.3) is 0 Å². The highest BCUT2D eigenvalue weighted by Crippen LogP contribution is 2.27. The number of nitrogens with one attached hydrogen (secondary N) is 1. The van der Waals surface area contributed by atoms with Gasteiger partial charge in [0, 0.05) is 12.7 Å². The molecule has 0 radical (unpaired) electrons. The van der Waals surface area contributed by atoms with Crippen molar-refractivity contribution in [2.45, 2.75) is 32.3 Å². The maximum atomic E-state index is 10.0. The van der Waals surface area contributed by atoms with Crippen LogP contribution < -0.4 is 11.1 Å². The molecule has 0 bridgehead atoms. The second kappa shape index (κ2) is 5.50. The van der Waals surface area contributed by atoms with E-state index in [1.54, 1.807) is 12.4 Å². The summed E-state index contributed by atoms with van der Waals surface area (Å²) >= 11 is 3.37. The van der Waals surface area contributed by atoms with Gasteiger partial charge in [-0.15, -0.1) is 0 Å². The van der Waals surface area contributed by atoms with E-state index < -0.39 is 5.60 Å². The lowest BCUT2D eigenvalue weighted by molar-refractivity contribution is 0.0637. The molecule has 1 heterocycles. The number of aromatic nitrogens is 1. The first-order valence-corrected chi connectivity index (χ1v) is 6.11. The lowest BCUT2D eigenvalue weighted by atomic mass is 10.0. The first-order chi connectivity index (χ1) is 7.46. The third-order valence-electron chi connectivity index (χ3n) is 2.36. The first-order valence-electron chi connectivity index (χ1n) is 5.31. The van der Waals surface area contributed by atoms with Gasteiger partial charge in [0.25, 0.3) is 0 Å². The average molecular weight is 288 g/mol.